The molecule has 6 heteroatoms. The van der Waals surface area contributed by atoms with Crippen molar-refractivity contribution in [3.63, 3.8) is 0 Å². The maximum atomic E-state index is 14.9. The SMILES string of the molecule is CCOC(=O)[C@@H](F)[C@](C)(C[S@@](=O)C(C)(C)C)c1ccccc1F. The standard InChI is InChI=1S/C17H24F2O3S/c1-6-22-15(20)14(19)17(5,11-23(21)16(2,3)4)12-9-7-8-10-13(12)18/h7-10,14H,6,11H2,1-5H3/t14-,17-,23-/m1/s1. The lowest BCUT2D eigenvalue weighted by Gasteiger charge is -2.34. The minimum Gasteiger partial charge on any atom is -0.464 e. The summed E-state index contributed by atoms with van der Waals surface area (Å²) in [6, 6.07) is 5.67. The van der Waals surface area contributed by atoms with E-state index in [0.29, 0.717) is 0 Å². The molecule has 0 bridgehead atoms. The normalized spacial score (nSPS) is 17.2. The first-order valence-corrected chi connectivity index (χ1v) is 8.80. The summed E-state index contributed by atoms with van der Waals surface area (Å²) in [5.41, 5.74) is -1.55. The van der Waals surface area contributed by atoms with Gasteiger partial charge < -0.3 is 4.74 Å². The van der Waals surface area contributed by atoms with Gasteiger partial charge in [-0.25, -0.2) is 13.6 Å². The molecule has 0 unspecified atom stereocenters. The van der Waals surface area contributed by atoms with Gasteiger partial charge in [-0.1, -0.05) is 25.1 Å². The van der Waals surface area contributed by atoms with Crippen molar-refractivity contribution in [1.82, 2.24) is 0 Å². The Balaban J connectivity index is 3.33. The van der Waals surface area contributed by atoms with Crippen molar-refractivity contribution >= 4 is 16.8 Å². The molecule has 3 atom stereocenters. The highest BCUT2D eigenvalue weighted by atomic mass is 32.2. The molecule has 0 N–H and O–H groups in total. The Morgan fingerprint density at radius 1 is 1.26 bits per heavy atom. The van der Waals surface area contributed by atoms with E-state index in [1.807, 2.05) is 0 Å². The van der Waals surface area contributed by atoms with E-state index >= 15 is 0 Å². The van der Waals surface area contributed by atoms with Gasteiger partial charge in [-0.05, 0) is 39.3 Å². The highest BCUT2D eigenvalue weighted by molar-refractivity contribution is 7.86. The van der Waals surface area contributed by atoms with Crippen molar-refractivity contribution in [2.45, 2.75) is 51.0 Å². The van der Waals surface area contributed by atoms with E-state index in [2.05, 4.69) is 0 Å². The number of esters is 1. The van der Waals surface area contributed by atoms with Crippen LogP contribution in [0.2, 0.25) is 0 Å². The van der Waals surface area contributed by atoms with Crippen LogP contribution in [0.4, 0.5) is 8.78 Å². The fourth-order valence-electron chi connectivity index (χ4n) is 2.18. The molecule has 0 heterocycles. The van der Waals surface area contributed by atoms with Crippen LogP contribution in [-0.2, 0) is 25.7 Å². The van der Waals surface area contributed by atoms with Crippen molar-refractivity contribution in [2.24, 2.45) is 0 Å². The van der Waals surface area contributed by atoms with Crippen LogP contribution < -0.4 is 0 Å². The Labute approximate surface area is 138 Å². The van der Waals surface area contributed by atoms with E-state index in [1.165, 1.54) is 25.1 Å². The van der Waals surface area contributed by atoms with Crippen LogP contribution in [0, 0.1) is 5.82 Å². The molecule has 0 aliphatic heterocycles. The second-order valence-electron chi connectivity index (χ2n) is 6.61. The molecule has 130 valence electrons. The Kier molecular flexibility index (Phi) is 6.45. The van der Waals surface area contributed by atoms with Gasteiger partial charge in [-0.2, -0.15) is 0 Å². The minimum atomic E-state index is -2.11. The molecule has 1 aromatic carbocycles. The molecule has 1 rings (SSSR count). The second-order valence-corrected chi connectivity index (χ2v) is 8.82. The molecule has 0 amide bonds. The third-order valence-corrected chi connectivity index (χ3v) is 5.88. The number of alkyl halides is 1. The molecule has 1 aromatic rings. The van der Waals surface area contributed by atoms with Gasteiger partial charge >= 0.3 is 5.97 Å². The van der Waals surface area contributed by atoms with Gasteiger partial charge in [0.05, 0.1) is 6.61 Å². The van der Waals surface area contributed by atoms with Gasteiger partial charge in [0.15, 0.2) is 0 Å². The molecule has 0 aliphatic rings. The summed E-state index contributed by atoms with van der Waals surface area (Å²) in [4.78, 5) is 11.9. The van der Waals surface area contributed by atoms with Crippen LogP contribution in [0.1, 0.15) is 40.2 Å². The van der Waals surface area contributed by atoms with Crippen molar-refractivity contribution in [1.29, 1.82) is 0 Å². The van der Waals surface area contributed by atoms with E-state index in [0.717, 1.165) is 0 Å². The number of hydrogen-bond acceptors (Lipinski definition) is 3. The summed E-state index contributed by atoms with van der Waals surface area (Å²) in [6.45, 7) is 8.26. The molecule has 0 aromatic heterocycles. The Hall–Kier alpha value is -1.30. The van der Waals surface area contributed by atoms with Gasteiger partial charge in [0.1, 0.15) is 5.82 Å². The fraction of sp³-hybridized carbons (Fsp3) is 0.588. The van der Waals surface area contributed by atoms with Gasteiger partial charge in [-0.15, -0.1) is 0 Å². The zero-order valence-electron chi connectivity index (χ0n) is 14.2. The van der Waals surface area contributed by atoms with Crippen molar-refractivity contribution < 1.29 is 22.5 Å². The highest BCUT2D eigenvalue weighted by Gasteiger charge is 2.46. The first kappa shape index (κ1) is 19.7. The Morgan fingerprint density at radius 3 is 2.30 bits per heavy atom. The molecule has 0 saturated heterocycles. The van der Waals surface area contributed by atoms with E-state index in [9.17, 15) is 17.8 Å². The van der Waals surface area contributed by atoms with E-state index in [4.69, 9.17) is 4.74 Å². The largest absolute Gasteiger partial charge is 0.464 e. The van der Waals surface area contributed by atoms with E-state index in [-0.39, 0.29) is 17.9 Å². The number of carbonyl (C=O) groups is 1. The fourth-order valence-corrected chi connectivity index (χ4v) is 3.46. The molecule has 0 aliphatic carbocycles. The summed E-state index contributed by atoms with van der Waals surface area (Å²) in [5, 5.41) is 0. The first-order chi connectivity index (χ1) is 10.5. The van der Waals surface area contributed by atoms with Crippen molar-refractivity contribution in [2.75, 3.05) is 12.4 Å². The second kappa shape index (κ2) is 7.51. The third-order valence-electron chi connectivity index (χ3n) is 3.66. The predicted octanol–water partition coefficient (Wildman–Crippen LogP) is 3.53. The van der Waals surface area contributed by atoms with Crippen LogP contribution in [0.3, 0.4) is 0 Å². The minimum absolute atomic E-state index is 0.0228. The number of rotatable bonds is 6. The molecule has 0 radical (unpaired) electrons. The lowest BCUT2D eigenvalue weighted by molar-refractivity contribution is -0.151. The average Bonchev–Trinajstić information content (AvgIpc) is 2.45. The molecular weight excluding hydrogens is 322 g/mol. The molecule has 0 saturated carbocycles. The third kappa shape index (κ3) is 4.59. The quantitative estimate of drug-likeness (QED) is 0.740. The zero-order chi connectivity index (χ0) is 17.8. The number of ether oxygens (including phenoxy) is 1. The van der Waals surface area contributed by atoms with Crippen LogP contribution in [0.15, 0.2) is 24.3 Å². The summed E-state index contributed by atoms with van der Waals surface area (Å²) in [7, 11) is -1.47. The van der Waals surface area contributed by atoms with Gasteiger partial charge in [0.2, 0.25) is 6.17 Å². The Bertz CT molecular complexity index is 583. The van der Waals surface area contributed by atoms with Crippen LogP contribution in [0.25, 0.3) is 0 Å². The highest BCUT2D eigenvalue weighted by Crippen LogP contribution is 2.35. The molecular formula is C17H24F2O3S. The predicted molar refractivity (Wildman–Crippen MR) is 88.0 cm³/mol. The monoisotopic (exact) mass is 346 g/mol. The zero-order valence-corrected chi connectivity index (χ0v) is 15.0. The first-order valence-electron chi connectivity index (χ1n) is 7.48. The molecule has 0 fully saturated rings. The smallest absolute Gasteiger partial charge is 0.341 e. The van der Waals surface area contributed by atoms with Crippen molar-refractivity contribution in [3.8, 4) is 0 Å². The Morgan fingerprint density at radius 2 is 1.83 bits per heavy atom. The number of benzene rings is 1. The van der Waals surface area contributed by atoms with Crippen LogP contribution in [-0.4, -0.2) is 33.5 Å². The maximum absolute atomic E-state index is 14.9. The summed E-state index contributed by atoms with van der Waals surface area (Å²) in [5.74, 6) is -1.88. The van der Waals surface area contributed by atoms with Gasteiger partial charge in [0.25, 0.3) is 0 Å². The lowest BCUT2D eigenvalue weighted by atomic mass is 9.79. The number of carbonyl (C=O) groups excluding carboxylic acids is 1. The molecule has 23 heavy (non-hydrogen) atoms. The van der Waals surface area contributed by atoms with Gasteiger partial charge in [0, 0.05) is 26.7 Å². The maximum Gasteiger partial charge on any atom is 0.341 e. The van der Waals surface area contributed by atoms with Gasteiger partial charge in [-0.3, -0.25) is 4.21 Å². The average molecular weight is 346 g/mol. The van der Waals surface area contributed by atoms with Crippen LogP contribution >= 0.6 is 0 Å². The van der Waals surface area contributed by atoms with E-state index < -0.39 is 38.9 Å². The van der Waals surface area contributed by atoms with E-state index in [1.54, 1.807) is 33.8 Å². The van der Waals surface area contributed by atoms with Crippen LogP contribution in [0.5, 0.6) is 0 Å². The number of hydrogen-bond donors (Lipinski definition) is 0. The molecule has 0 spiro atoms. The topological polar surface area (TPSA) is 43.4 Å². The summed E-state index contributed by atoms with van der Waals surface area (Å²) >= 11 is 0. The summed E-state index contributed by atoms with van der Waals surface area (Å²) in [6.07, 6.45) is -2.11. The lowest BCUT2D eigenvalue weighted by Crippen LogP contribution is -2.47. The number of halogens is 2. The van der Waals surface area contributed by atoms with Crippen molar-refractivity contribution in [3.05, 3.63) is 35.6 Å². The molecule has 3 nitrogen and oxygen atoms in total. The summed E-state index contributed by atoms with van der Waals surface area (Å²) < 4.78 is 45.7.